The molecular formula is C20H10F12N4O3. The third-order valence-electron chi connectivity index (χ3n) is 6.42. The van der Waals surface area contributed by atoms with Gasteiger partial charge in [-0.3, -0.25) is 9.36 Å². The van der Waals surface area contributed by atoms with Crippen LogP contribution in [-0.2, 0) is 11.0 Å². The first-order chi connectivity index (χ1) is 17.6. The van der Waals surface area contributed by atoms with Crippen molar-refractivity contribution in [3.8, 4) is 17.6 Å². The van der Waals surface area contributed by atoms with Crippen LogP contribution in [0.25, 0.3) is 5.69 Å². The number of alkyl halides is 12. The molecule has 4 rings (SSSR count). The largest absolute Gasteiger partial charge is 0.493 e. The average molecular weight is 582 g/mol. The van der Waals surface area contributed by atoms with Crippen molar-refractivity contribution in [3.05, 3.63) is 45.5 Å². The van der Waals surface area contributed by atoms with Crippen LogP contribution in [0.4, 0.5) is 52.7 Å². The molecule has 2 aromatic rings. The van der Waals surface area contributed by atoms with Crippen molar-refractivity contribution < 1.29 is 62.6 Å². The first-order valence-electron chi connectivity index (χ1n) is 10.3. The van der Waals surface area contributed by atoms with E-state index in [0.717, 1.165) is 6.07 Å². The molecule has 39 heavy (non-hydrogen) atoms. The van der Waals surface area contributed by atoms with Crippen LogP contribution in [0.2, 0.25) is 0 Å². The Kier molecular flexibility index (Phi) is 5.84. The topological polar surface area (TPSA) is 91.3 Å². The van der Waals surface area contributed by atoms with E-state index >= 15 is 0 Å². The Morgan fingerprint density at radius 2 is 1.56 bits per heavy atom. The predicted molar refractivity (Wildman–Crippen MR) is 100 cm³/mol. The zero-order valence-corrected chi connectivity index (χ0v) is 18.4. The van der Waals surface area contributed by atoms with Crippen molar-refractivity contribution in [2.75, 3.05) is 6.54 Å². The summed E-state index contributed by atoms with van der Waals surface area (Å²) in [6.07, 6.45) is -12.8. The molecule has 3 heterocycles. The lowest BCUT2D eigenvalue weighted by Gasteiger charge is -2.36. The first kappa shape index (κ1) is 28.2. The number of aromatic hydroxyl groups is 1. The van der Waals surface area contributed by atoms with Crippen LogP contribution >= 0.6 is 0 Å². The molecule has 0 aliphatic carbocycles. The summed E-state index contributed by atoms with van der Waals surface area (Å²) >= 11 is 0. The van der Waals surface area contributed by atoms with E-state index in [4.69, 9.17) is 5.26 Å². The molecule has 2 atom stereocenters. The Bertz CT molecular complexity index is 1460. The zero-order chi connectivity index (χ0) is 29.7. The lowest BCUT2D eigenvalue weighted by atomic mass is 10.0. The molecule has 1 amide bonds. The lowest BCUT2D eigenvalue weighted by molar-refractivity contribution is -0.389. The fourth-order valence-corrected chi connectivity index (χ4v) is 4.60. The Hall–Kier alpha value is -3.85. The molecule has 7 nitrogen and oxygen atoms in total. The van der Waals surface area contributed by atoms with Gasteiger partial charge >= 0.3 is 41.7 Å². The monoisotopic (exact) mass is 582 g/mol. The van der Waals surface area contributed by atoms with E-state index in [9.17, 15) is 67.4 Å². The van der Waals surface area contributed by atoms with Gasteiger partial charge in [-0.15, -0.1) is 0 Å². The second kappa shape index (κ2) is 8.08. The summed E-state index contributed by atoms with van der Waals surface area (Å²) in [4.78, 5) is 24.9. The number of aromatic nitrogens is 2. The number of nitriles is 1. The van der Waals surface area contributed by atoms with Crippen LogP contribution in [0.1, 0.15) is 35.3 Å². The first-order valence-corrected chi connectivity index (χ1v) is 10.3. The van der Waals surface area contributed by atoms with Gasteiger partial charge in [0.25, 0.3) is 0 Å². The van der Waals surface area contributed by atoms with Crippen molar-refractivity contribution in [3.63, 3.8) is 0 Å². The standard InChI is InChI=1S/C20H10F12N4O3/c21-16(22,18(26,27)19(28,29)20(30,31)32)14(38)34-6-9-4-11(34)12-13(37)36(15(39)35(9)12)8-2-1-7(5-33)10(3-8)17(23,24)25/h1-3,9,11,37H,4,6H2/t9-,11?/m1/s1. The van der Waals surface area contributed by atoms with Gasteiger partial charge in [-0.25, -0.2) is 9.36 Å². The molecule has 1 N–H and O–H groups in total. The number of hydrogen-bond acceptors (Lipinski definition) is 4. The Labute approximate surface area is 207 Å². The highest BCUT2D eigenvalue weighted by molar-refractivity contribution is 5.86. The van der Waals surface area contributed by atoms with Gasteiger partial charge in [0.1, 0.15) is 5.69 Å². The zero-order valence-electron chi connectivity index (χ0n) is 18.4. The molecule has 1 aromatic heterocycles. The summed E-state index contributed by atoms with van der Waals surface area (Å²) in [5, 5.41) is 19.5. The van der Waals surface area contributed by atoms with Gasteiger partial charge in [0, 0.05) is 6.54 Å². The van der Waals surface area contributed by atoms with E-state index in [0.29, 0.717) is 10.6 Å². The van der Waals surface area contributed by atoms with Gasteiger partial charge in [0.05, 0.1) is 35.0 Å². The maximum Gasteiger partial charge on any atom is 0.460 e. The smallest absolute Gasteiger partial charge is 0.460 e. The minimum Gasteiger partial charge on any atom is -0.493 e. The third-order valence-corrected chi connectivity index (χ3v) is 6.42. The fourth-order valence-electron chi connectivity index (χ4n) is 4.60. The highest BCUT2D eigenvalue weighted by atomic mass is 19.4. The number of benzene rings is 1. The molecule has 1 unspecified atom stereocenters. The molecule has 1 aromatic carbocycles. The summed E-state index contributed by atoms with van der Waals surface area (Å²) in [5.74, 6) is -25.6. The molecule has 1 saturated heterocycles. The van der Waals surface area contributed by atoms with Crippen LogP contribution in [0.3, 0.4) is 0 Å². The molecule has 19 heteroatoms. The van der Waals surface area contributed by atoms with Crippen LogP contribution in [0.15, 0.2) is 23.0 Å². The second-order valence-electron chi connectivity index (χ2n) is 8.62. The van der Waals surface area contributed by atoms with Crippen LogP contribution < -0.4 is 5.69 Å². The van der Waals surface area contributed by atoms with E-state index in [1.54, 1.807) is 0 Å². The van der Waals surface area contributed by atoms with Crippen molar-refractivity contribution in [1.29, 1.82) is 5.26 Å². The minimum atomic E-state index is -7.34. The Morgan fingerprint density at radius 1 is 0.974 bits per heavy atom. The van der Waals surface area contributed by atoms with Crippen LogP contribution in [-0.4, -0.2) is 55.5 Å². The lowest BCUT2D eigenvalue weighted by Crippen LogP contribution is -2.65. The van der Waals surface area contributed by atoms with E-state index in [-0.39, 0.29) is 15.5 Å². The van der Waals surface area contributed by atoms with E-state index in [1.807, 2.05) is 0 Å². The highest BCUT2D eigenvalue weighted by Gasteiger charge is 2.84. The minimum absolute atomic E-state index is 0.218. The normalized spacial score (nSPS) is 19.8. The van der Waals surface area contributed by atoms with E-state index in [1.165, 1.54) is 6.07 Å². The number of fused-ring (bicyclic) bond motifs is 5. The summed E-state index contributed by atoms with van der Waals surface area (Å²) in [7, 11) is 0. The van der Waals surface area contributed by atoms with Gasteiger partial charge in [0.15, 0.2) is 0 Å². The molecule has 0 radical (unpaired) electrons. The number of amides is 1. The molecule has 2 aliphatic heterocycles. The summed E-state index contributed by atoms with van der Waals surface area (Å²) < 4.78 is 161. The summed E-state index contributed by atoms with van der Waals surface area (Å²) in [6.45, 7) is -1.07. The molecular weight excluding hydrogens is 572 g/mol. The van der Waals surface area contributed by atoms with Crippen molar-refractivity contribution in [2.24, 2.45) is 0 Å². The molecule has 1 fully saturated rings. The quantitative estimate of drug-likeness (QED) is 0.537. The summed E-state index contributed by atoms with van der Waals surface area (Å²) in [5.41, 5.74) is -5.14. The van der Waals surface area contributed by atoms with Gasteiger partial charge in [-0.05, 0) is 24.6 Å². The second-order valence-corrected chi connectivity index (χ2v) is 8.62. The van der Waals surface area contributed by atoms with E-state index in [2.05, 4.69) is 0 Å². The van der Waals surface area contributed by atoms with Crippen molar-refractivity contribution in [2.45, 2.75) is 48.6 Å². The maximum absolute atomic E-state index is 14.3. The van der Waals surface area contributed by atoms with Gasteiger partial charge in [-0.1, -0.05) is 0 Å². The Morgan fingerprint density at radius 3 is 2.08 bits per heavy atom. The maximum atomic E-state index is 14.3. The van der Waals surface area contributed by atoms with Crippen molar-refractivity contribution in [1.82, 2.24) is 14.0 Å². The third kappa shape index (κ3) is 3.66. The number of imidazole rings is 1. The predicted octanol–water partition coefficient (Wildman–Crippen LogP) is 4.53. The number of likely N-dealkylation sites (tertiary alicyclic amines) is 1. The van der Waals surface area contributed by atoms with Crippen LogP contribution in [0.5, 0.6) is 5.88 Å². The van der Waals surface area contributed by atoms with Gasteiger partial charge in [-0.2, -0.15) is 57.9 Å². The number of nitrogens with zero attached hydrogens (tertiary/aromatic N) is 4. The molecule has 0 spiro atoms. The molecule has 2 aliphatic rings. The van der Waals surface area contributed by atoms with Gasteiger partial charge in [0.2, 0.25) is 5.88 Å². The Balaban J connectivity index is 1.77. The number of carbonyl (C=O) groups excluding carboxylic acids is 1. The number of halogens is 12. The van der Waals surface area contributed by atoms with Crippen LogP contribution in [0, 0.1) is 11.3 Å². The summed E-state index contributed by atoms with van der Waals surface area (Å²) in [6, 6.07) is -0.323. The molecule has 212 valence electrons. The highest BCUT2D eigenvalue weighted by Crippen LogP contribution is 2.56. The van der Waals surface area contributed by atoms with Crippen molar-refractivity contribution >= 4 is 5.91 Å². The fraction of sp³-hybridized carbons (Fsp3) is 0.450. The van der Waals surface area contributed by atoms with E-state index < -0.39 is 95.2 Å². The van der Waals surface area contributed by atoms with Gasteiger partial charge < -0.3 is 10.0 Å². The molecule has 0 saturated carbocycles. The number of carbonyl (C=O) groups is 1. The molecule has 2 bridgehead atoms. The number of hydrogen-bond donors (Lipinski definition) is 1. The number of rotatable bonds is 4. The average Bonchev–Trinajstić information content (AvgIpc) is 3.47. The SMILES string of the molecule is N#Cc1ccc(-n2c(O)c3n(c2=O)[C@@H]2CC3N(C(=O)C(F)(F)C(F)(F)C(F)(F)C(F)(F)F)C2)cc1C(F)(F)F.